The molecule has 0 radical (unpaired) electrons. The lowest BCUT2D eigenvalue weighted by Gasteiger charge is -2.19. The van der Waals surface area contributed by atoms with Crippen LogP contribution in [0.25, 0.3) is 0 Å². The number of cyclic esters (lactones) is 1. The van der Waals surface area contributed by atoms with E-state index in [0.29, 0.717) is 29.7 Å². The first-order valence-electron chi connectivity index (χ1n) is 7.69. The van der Waals surface area contributed by atoms with Crippen LogP contribution < -0.4 is 15.0 Å². The molecule has 0 bridgehead atoms. The summed E-state index contributed by atoms with van der Waals surface area (Å²) < 4.78 is 48.7. The number of ether oxygens (including phenoxy) is 2. The molecule has 1 aromatic carbocycles. The molecule has 1 aliphatic rings. The fraction of sp³-hybridized carbons (Fsp3) is 0.312. The second-order valence-electron chi connectivity index (χ2n) is 5.63. The maximum absolute atomic E-state index is 12.8. The number of benzene rings is 1. The Morgan fingerprint density at radius 2 is 2.11 bits per heavy atom. The smallest absolute Gasteiger partial charge is 0.420 e. The van der Waals surface area contributed by atoms with Crippen LogP contribution in [0.1, 0.15) is 11.1 Å². The average Bonchev–Trinajstić information content (AvgIpc) is 2.73. The van der Waals surface area contributed by atoms with E-state index in [0.717, 1.165) is 5.56 Å². The number of nitrogens with one attached hydrogen (secondary N) is 1. The maximum atomic E-state index is 12.8. The van der Waals surface area contributed by atoms with Crippen molar-refractivity contribution in [3.05, 3.63) is 34.6 Å². The van der Waals surface area contributed by atoms with Crippen LogP contribution in [0.2, 0.25) is 5.15 Å². The average molecular weight is 403 g/mol. The number of halogens is 4. The first kappa shape index (κ1) is 19.0. The summed E-state index contributed by atoms with van der Waals surface area (Å²) in [6, 6.07) is 3.32. The van der Waals surface area contributed by atoms with Gasteiger partial charge in [-0.3, -0.25) is 4.90 Å². The van der Waals surface area contributed by atoms with E-state index in [-0.39, 0.29) is 12.6 Å². The van der Waals surface area contributed by atoms with Gasteiger partial charge in [-0.25, -0.2) is 14.8 Å². The van der Waals surface area contributed by atoms with E-state index in [1.54, 1.807) is 19.2 Å². The van der Waals surface area contributed by atoms with Gasteiger partial charge in [0.1, 0.15) is 16.5 Å². The summed E-state index contributed by atoms with van der Waals surface area (Å²) in [4.78, 5) is 20.5. The van der Waals surface area contributed by atoms with Crippen molar-refractivity contribution in [2.24, 2.45) is 0 Å². The molecule has 1 amide bonds. The fourth-order valence-corrected chi connectivity index (χ4v) is 2.80. The lowest BCUT2D eigenvalue weighted by molar-refractivity contribution is -0.137. The number of hydrogen-bond donors (Lipinski definition) is 1. The topological polar surface area (TPSA) is 76.6 Å². The number of nitrogens with zero attached hydrogens (tertiary/aromatic N) is 3. The summed E-state index contributed by atoms with van der Waals surface area (Å²) in [5.41, 5.74) is 0.607. The highest BCUT2D eigenvalue weighted by atomic mass is 35.5. The Labute approximate surface area is 157 Å². The molecule has 0 unspecified atom stereocenters. The normalized spacial score (nSPS) is 14.3. The van der Waals surface area contributed by atoms with Gasteiger partial charge < -0.3 is 14.8 Å². The van der Waals surface area contributed by atoms with Gasteiger partial charge >= 0.3 is 12.3 Å². The zero-order valence-electron chi connectivity index (χ0n) is 14.2. The third-order valence-corrected chi connectivity index (χ3v) is 4.22. The second kappa shape index (κ2) is 7.10. The SMILES string of the molecule is COc1cc2c(cc1Nc1ncc(C(F)(F)F)c(Cl)n1)N(C)C(=O)OCC2. The van der Waals surface area contributed by atoms with Crippen LogP contribution in [-0.2, 0) is 17.3 Å². The van der Waals surface area contributed by atoms with Gasteiger partial charge in [-0.15, -0.1) is 0 Å². The Hall–Kier alpha value is -2.75. The molecular weight excluding hydrogens is 389 g/mol. The highest BCUT2D eigenvalue weighted by Gasteiger charge is 2.34. The molecule has 0 atom stereocenters. The van der Waals surface area contributed by atoms with Crippen LogP contribution in [0, 0.1) is 0 Å². The number of fused-ring (bicyclic) bond motifs is 1. The molecule has 27 heavy (non-hydrogen) atoms. The van der Waals surface area contributed by atoms with Gasteiger partial charge in [0, 0.05) is 19.7 Å². The Balaban J connectivity index is 1.99. The van der Waals surface area contributed by atoms with Crippen LogP contribution in [0.15, 0.2) is 18.3 Å². The standard InChI is InChI=1S/C16H14ClF3N4O3/c1-24-11-6-10(12(26-2)5-8(11)3-4-27-15(24)25)22-14-21-7-9(13(17)23-14)16(18,19)20/h5-7H,3-4H2,1-2H3,(H,21,22,23). The minimum atomic E-state index is -4.65. The number of aromatic nitrogens is 2. The molecule has 0 saturated carbocycles. The third-order valence-electron chi connectivity index (χ3n) is 3.93. The number of anilines is 3. The molecule has 3 rings (SSSR count). The number of carbonyl (C=O) groups excluding carboxylic acids is 1. The molecule has 7 nitrogen and oxygen atoms in total. The van der Waals surface area contributed by atoms with Crippen molar-refractivity contribution in [1.82, 2.24) is 9.97 Å². The third kappa shape index (κ3) is 3.85. The predicted octanol–water partition coefficient (Wildman–Crippen LogP) is 4.03. The monoisotopic (exact) mass is 402 g/mol. The second-order valence-corrected chi connectivity index (χ2v) is 5.98. The Kier molecular flexibility index (Phi) is 5.01. The van der Waals surface area contributed by atoms with Crippen LogP contribution in [0.3, 0.4) is 0 Å². The number of alkyl halides is 3. The first-order valence-corrected chi connectivity index (χ1v) is 8.06. The molecule has 2 heterocycles. The van der Waals surface area contributed by atoms with Crippen LogP contribution in [-0.4, -0.2) is 36.8 Å². The molecule has 2 aromatic rings. The van der Waals surface area contributed by atoms with Crippen molar-refractivity contribution in [2.45, 2.75) is 12.6 Å². The predicted molar refractivity (Wildman–Crippen MR) is 91.8 cm³/mol. The van der Waals surface area contributed by atoms with Crippen LogP contribution in [0.4, 0.5) is 35.3 Å². The van der Waals surface area contributed by atoms with Gasteiger partial charge in [0.2, 0.25) is 5.95 Å². The zero-order valence-corrected chi connectivity index (χ0v) is 15.0. The summed E-state index contributed by atoms with van der Waals surface area (Å²) in [5, 5.41) is 2.04. The van der Waals surface area contributed by atoms with Crippen LogP contribution >= 0.6 is 11.6 Å². The van der Waals surface area contributed by atoms with E-state index in [1.807, 2.05) is 0 Å². The highest BCUT2D eigenvalue weighted by Crippen LogP contribution is 2.37. The molecule has 0 spiro atoms. The lowest BCUT2D eigenvalue weighted by Crippen LogP contribution is -2.25. The summed E-state index contributed by atoms with van der Waals surface area (Å²) in [7, 11) is 2.99. The van der Waals surface area contributed by atoms with Gasteiger partial charge in [-0.1, -0.05) is 11.6 Å². The molecule has 144 valence electrons. The molecule has 1 N–H and O–H groups in total. The molecular formula is C16H14ClF3N4O3. The zero-order chi connectivity index (χ0) is 19.8. The highest BCUT2D eigenvalue weighted by molar-refractivity contribution is 6.30. The van der Waals surface area contributed by atoms with Gasteiger partial charge in [-0.05, 0) is 17.7 Å². The minimum Gasteiger partial charge on any atom is -0.495 e. The molecule has 1 aromatic heterocycles. The van der Waals surface area contributed by atoms with Crippen molar-refractivity contribution >= 4 is 35.0 Å². The number of carbonyl (C=O) groups is 1. The van der Waals surface area contributed by atoms with E-state index in [4.69, 9.17) is 21.1 Å². The number of methoxy groups -OCH3 is 1. The van der Waals surface area contributed by atoms with Crippen LogP contribution in [0.5, 0.6) is 5.75 Å². The number of amides is 1. The Morgan fingerprint density at radius 1 is 1.37 bits per heavy atom. The van der Waals surface area contributed by atoms with Crippen molar-refractivity contribution < 1.29 is 27.4 Å². The molecule has 0 fully saturated rings. The molecule has 11 heteroatoms. The Bertz CT molecular complexity index is 892. The van der Waals surface area contributed by atoms with E-state index in [2.05, 4.69) is 15.3 Å². The van der Waals surface area contributed by atoms with Crippen molar-refractivity contribution in [2.75, 3.05) is 31.0 Å². The summed E-state index contributed by atoms with van der Waals surface area (Å²) in [6.07, 6.45) is -4.08. The van der Waals surface area contributed by atoms with E-state index in [1.165, 1.54) is 12.0 Å². The summed E-state index contributed by atoms with van der Waals surface area (Å²) in [5.74, 6) is 0.251. The number of rotatable bonds is 3. The van der Waals surface area contributed by atoms with Gasteiger partial charge in [0.25, 0.3) is 0 Å². The Morgan fingerprint density at radius 3 is 2.74 bits per heavy atom. The largest absolute Gasteiger partial charge is 0.495 e. The fourth-order valence-electron chi connectivity index (χ4n) is 2.56. The van der Waals surface area contributed by atoms with Gasteiger partial charge in [0.05, 0.1) is 25.1 Å². The number of hydrogen-bond acceptors (Lipinski definition) is 6. The summed E-state index contributed by atoms with van der Waals surface area (Å²) in [6.45, 7) is 0.226. The van der Waals surface area contributed by atoms with E-state index in [9.17, 15) is 18.0 Å². The molecule has 0 aliphatic carbocycles. The van der Waals surface area contributed by atoms with Crippen molar-refractivity contribution in [3.8, 4) is 5.75 Å². The summed E-state index contributed by atoms with van der Waals surface area (Å²) >= 11 is 5.62. The quantitative estimate of drug-likeness (QED) is 0.781. The van der Waals surface area contributed by atoms with Crippen molar-refractivity contribution in [1.29, 1.82) is 0 Å². The van der Waals surface area contributed by atoms with Gasteiger partial charge in [0.15, 0.2) is 0 Å². The minimum absolute atomic E-state index is 0.148. The molecule has 0 saturated heterocycles. The first-order chi connectivity index (χ1) is 12.7. The lowest BCUT2D eigenvalue weighted by atomic mass is 10.1. The maximum Gasteiger partial charge on any atom is 0.420 e. The van der Waals surface area contributed by atoms with E-state index >= 15 is 0 Å². The molecule has 1 aliphatic heterocycles. The van der Waals surface area contributed by atoms with Gasteiger partial charge in [-0.2, -0.15) is 13.2 Å². The van der Waals surface area contributed by atoms with E-state index < -0.39 is 23.0 Å². The van der Waals surface area contributed by atoms with Crippen molar-refractivity contribution in [3.63, 3.8) is 0 Å².